The van der Waals surface area contributed by atoms with Gasteiger partial charge in [0, 0.05) is 6.92 Å². The number of rotatable bonds is 4. The van der Waals surface area contributed by atoms with Crippen molar-refractivity contribution in [3.05, 3.63) is 27.8 Å². The number of phenolic OH excluding ortho intramolecular Hbond substituents is 1. The minimum absolute atomic E-state index is 0.0109. The number of aromatic hydroxyl groups is 1. The third-order valence-corrected chi connectivity index (χ3v) is 2.01. The summed E-state index contributed by atoms with van der Waals surface area (Å²) < 4.78 is 9.41. The van der Waals surface area contributed by atoms with Crippen LogP contribution in [-0.4, -0.2) is 23.1 Å². The summed E-state index contributed by atoms with van der Waals surface area (Å²) in [4.78, 5) is 20.8. The summed E-state index contributed by atoms with van der Waals surface area (Å²) in [5.41, 5.74) is -0.176. The predicted molar refractivity (Wildman–Crippen MR) is 56.8 cm³/mol. The Kier molecular flexibility index (Phi) is 3.86. The molecule has 1 rings (SSSR count). The molecule has 0 unspecified atom stereocenters. The van der Waals surface area contributed by atoms with Gasteiger partial charge in [0.15, 0.2) is 11.5 Å². The van der Waals surface area contributed by atoms with Crippen molar-refractivity contribution in [3.63, 3.8) is 0 Å². The topological polar surface area (TPSA) is 98.9 Å². The fourth-order valence-electron chi connectivity index (χ4n) is 1.23. The molecular weight excluding hydrogens is 230 g/mol. The highest BCUT2D eigenvalue weighted by molar-refractivity contribution is 5.66. The average molecular weight is 241 g/mol. The minimum Gasteiger partial charge on any atom is -0.504 e. The zero-order valence-corrected chi connectivity index (χ0v) is 9.30. The Labute approximate surface area is 96.7 Å². The van der Waals surface area contributed by atoms with E-state index in [9.17, 15) is 20.0 Å². The quantitative estimate of drug-likeness (QED) is 0.485. The van der Waals surface area contributed by atoms with Gasteiger partial charge in [-0.3, -0.25) is 14.9 Å². The van der Waals surface area contributed by atoms with Crippen LogP contribution in [0.2, 0.25) is 0 Å². The van der Waals surface area contributed by atoms with Gasteiger partial charge in [-0.15, -0.1) is 0 Å². The van der Waals surface area contributed by atoms with Gasteiger partial charge in [-0.2, -0.15) is 0 Å². The number of methoxy groups -OCH3 is 1. The normalized spacial score (nSPS) is 9.76. The SMILES string of the molecule is COc1cc([N+](=O)[O-])c(COC(C)=O)cc1O. The number of nitro groups is 1. The lowest BCUT2D eigenvalue weighted by Crippen LogP contribution is -2.02. The third kappa shape index (κ3) is 3.07. The van der Waals surface area contributed by atoms with E-state index in [1.165, 1.54) is 14.0 Å². The molecule has 0 saturated carbocycles. The highest BCUT2D eigenvalue weighted by Crippen LogP contribution is 2.33. The molecule has 1 N–H and O–H groups in total. The Balaban J connectivity index is 3.13. The monoisotopic (exact) mass is 241 g/mol. The Hall–Kier alpha value is -2.31. The first-order valence-electron chi connectivity index (χ1n) is 4.63. The molecule has 1 aromatic carbocycles. The van der Waals surface area contributed by atoms with E-state index in [-0.39, 0.29) is 29.4 Å². The second kappa shape index (κ2) is 5.15. The van der Waals surface area contributed by atoms with Crippen LogP contribution >= 0.6 is 0 Å². The summed E-state index contributed by atoms with van der Waals surface area (Å²) >= 11 is 0. The van der Waals surface area contributed by atoms with Crippen LogP contribution in [0.1, 0.15) is 12.5 Å². The maximum atomic E-state index is 10.8. The van der Waals surface area contributed by atoms with Gasteiger partial charge >= 0.3 is 5.97 Å². The molecule has 0 heterocycles. The van der Waals surface area contributed by atoms with Gasteiger partial charge in [0.25, 0.3) is 5.69 Å². The second-order valence-electron chi connectivity index (χ2n) is 3.19. The van der Waals surface area contributed by atoms with Crippen molar-refractivity contribution in [2.24, 2.45) is 0 Å². The molecule has 92 valence electrons. The third-order valence-electron chi connectivity index (χ3n) is 2.01. The second-order valence-corrected chi connectivity index (χ2v) is 3.19. The molecular formula is C10H11NO6. The molecule has 7 nitrogen and oxygen atoms in total. The Morgan fingerprint density at radius 2 is 2.18 bits per heavy atom. The first-order valence-corrected chi connectivity index (χ1v) is 4.63. The van der Waals surface area contributed by atoms with E-state index in [0.717, 1.165) is 12.1 Å². The zero-order chi connectivity index (χ0) is 13.0. The number of carbonyl (C=O) groups excluding carboxylic acids is 1. The molecule has 17 heavy (non-hydrogen) atoms. The molecule has 0 amide bonds. The van der Waals surface area contributed by atoms with E-state index < -0.39 is 10.9 Å². The lowest BCUT2D eigenvalue weighted by atomic mass is 10.1. The number of nitrogens with zero attached hydrogens (tertiary/aromatic N) is 1. The number of hydrogen-bond donors (Lipinski definition) is 1. The van der Waals surface area contributed by atoms with E-state index in [1.54, 1.807) is 0 Å². The summed E-state index contributed by atoms with van der Waals surface area (Å²) in [5, 5.41) is 20.2. The molecule has 0 aliphatic heterocycles. The largest absolute Gasteiger partial charge is 0.504 e. The van der Waals surface area contributed by atoms with Crippen LogP contribution in [0.4, 0.5) is 5.69 Å². The van der Waals surface area contributed by atoms with Gasteiger partial charge in [-0.05, 0) is 6.07 Å². The maximum Gasteiger partial charge on any atom is 0.302 e. The number of ether oxygens (including phenoxy) is 2. The van der Waals surface area contributed by atoms with Crippen LogP contribution in [-0.2, 0) is 16.1 Å². The lowest BCUT2D eigenvalue weighted by molar-refractivity contribution is -0.385. The number of nitro benzene ring substituents is 1. The lowest BCUT2D eigenvalue weighted by Gasteiger charge is -2.07. The van der Waals surface area contributed by atoms with Crippen molar-refractivity contribution < 1.29 is 24.3 Å². The summed E-state index contributed by atoms with van der Waals surface area (Å²) in [5.74, 6) is -0.821. The summed E-state index contributed by atoms with van der Waals surface area (Å²) in [7, 11) is 1.28. The Morgan fingerprint density at radius 3 is 2.65 bits per heavy atom. The molecule has 0 saturated heterocycles. The number of esters is 1. The van der Waals surface area contributed by atoms with E-state index in [4.69, 9.17) is 4.74 Å². The first-order chi connectivity index (χ1) is 7.95. The van der Waals surface area contributed by atoms with Gasteiger partial charge in [0.05, 0.1) is 23.7 Å². The molecule has 7 heteroatoms. The van der Waals surface area contributed by atoms with E-state index in [1.807, 2.05) is 0 Å². The summed E-state index contributed by atoms with van der Waals surface area (Å²) in [6, 6.07) is 2.22. The number of hydrogen-bond acceptors (Lipinski definition) is 6. The summed E-state index contributed by atoms with van der Waals surface area (Å²) in [6.07, 6.45) is 0. The van der Waals surface area contributed by atoms with Crippen LogP contribution in [0, 0.1) is 10.1 Å². The Bertz CT molecular complexity index is 456. The molecule has 0 aromatic heterocycles. The fraction of sp³-hybridized carbons (Fsp3) is 0.300. The standard InChI is InChI=1S/C10H11NO6/c1-6(12)17-5-7-3-9(13)10(16-2)4-8(7)11(14)15/h3-4,13H,5H2,1-2H3. The van der Waals surface area contributed by atoms with Gasteiger partial charge in [0.2, 0.25) is 0 Å². The van der Waals surface area contributed by atoms with Crippen LogP contribution in [0.3, 0.4) is 0 Å². The number of phenols is 1. The maximum absolute atomic E-state index is 10.8. The zero-order valence-electron chi connectivity index (χ0n) is 9.30. The molecule has 0 spiro atoms. The predicted octanol–water partition coefficient (Wildman–Crippen LogP) is 1.37. The van der Waals surface area contributed by atoms with E-state index in [0.29, 0.717) is 0 Å². The van der Waals surface area contributed by atoms with Crippen LogP contribution < -0.4 is 4.74 Å². The summed E-state index contributed by atoms with van der Waals surface area (Å²) in [6.45, 7) is 0.915. The van der Waals surface area contributed by atoms with Crippen molar-refractivity contribution >= 4 is 11.7 Å². The highest BCUT2D eigenvalue weighted by Gasteiger charge is 2.19. The smallest absolute Gasteiger partial charge is 0.302 e. The number of carbonyl (C=O) groups is 1. The van der Waals surface area contributed by atoms with Gasteiger partial charge in [0.1, 0.15) is 6.61 Å². The first kappa shape index (κ1) is 12.8. The van der Waals surface area contributed by atoms with Crippen LogP contribution in [0.5, 0.6) is 11.5 Å². The average Bonchev–Trinajstić information content (AvgIpc) is 2.25. The Morgan fingerprint density at radius 1 is 1.53 bits per heavy atom. The van der Waals surface area contributed by atoms with Crippen molar-refractivity contribution in [2.45, 2.75) is 13.5 Å². The van der Waals surface area contributed by atoms with Crippen LogP contribution in [0.25, 0.3) is 0 Å². The van der Waals surface area contributed by atoms with Crippen molar-refractivity contribution in [2.75, 3.05) is 7.11 Å². The molecule has 0 radical (unpaired) electrons. The molecule has 0 atom stereocenters. The minimum atomic E-state index is -0.638. The molecule has 0 aliphatic rings. The van der Waals surface area contributed by atoms with Gasteiger partial charge < -0.3 is 14.6 Å². The highest BCUT2D eigenvalue weighted by atomic mass is 16.6. The van der Waals surface area contributed by atoms with E-state index >= 15 is 0 Å². The van der Waals surface area contributed by atoms with Crippen molar-refractivity contribution in [3.8, 4) is 11.5 Å². The molecule has 0 bridgehead atoms. The molecule has 0 fully saturated rings. The van der Waals surface area contributed by atoms with Gasteiger partial charge in [-0.1, -0.05) is 0 Å². The van der Waals surface area contributed by atoms with Crippen LogP contribution in [0.15, 0.2) is 12.1 Å². The molecule has 0 aliphatic carbocycles. The van der Waals surface area contributed by atoms with Crippen molar-refractivity contribution in [1.29, 1.82) is 0 Å². The van der Waals surface area contributed by atoms with E-state index in [2.05, 4.69) is 4.74 Å². The van der Waals surface area contributed by atoms with Crippen molar-refractivity contribution in [1.82, 2.24) is 0 Å². The fourth-order valence-corrected chi connectivity index (χ4v) is 1.23. The van der Waals surface area contributed by atoms with Gasteiger partial charge in [-0.25, -0.2) is 0 Å². The molecule has 1 aromatic rings. The number of benzene rings is 1.